The van der Waals surface area contributed by atoms with Crippen molar-refractivity contribution in [2.75, 3.05) is 13.1 Å². The monoisotopic (exact) mass is 295 g/mol. The van der Waals surface area contributed by atoms with E-state index in [-0.39, 0.29) is 0 Å². The summed E-state index contributed by atoms with van der Waals surface area (Å²) in [6, 6.07) is 4.61. The minimum absolute atomic E-state index is 0.348. The molecule has 1 aromatic rings. The molecule has 1 saturated heterocycles. The lowest BCUT2D eigenvalue weighted by atomic mass is 9.76. The van der Waals surface area contributed by atoms with E-state index >= 15 is 0 Å². The molecule has 1 aliphatic heterocycles. The van der Waals surface area contributed by atoms with E-state index in [4.69, 9.17) is 0 Å². The van der Waals surface area contributed by atoms with Crippen molar-refractivity contribution in [1.82, 2.24) is 4.90 Å². The molecule has 0 radical (unpaired) electrons. The van der Waals surface area contributed by atoms with Gasteiger partial charge in [0.25, 0.3) is 0 Å². The van der Waals surface area contributed by atoms with Gasteiger partial charge in [0.1, 0.15) is 0 Å². The van der Waals surface area contributed by atoms with Crippen LogP contribution < -0.4 is 0 Å². The van der Waals surface area contributed by atoms with Crippen molar-refractivity contribution >= 4 is 17.3 Å². The second-order valence-electron chi connectivity index (χ2n) is 6.22. The third-order valence-electron chi connectivity index (χ3n) is 4.60. The van der Waals surface area contributed by atoms with Crippen LogP contribution in [0.4, 0.5) is 0 Å². The van der Waals surface area contributed by atoms with Crippen LogP contribution in [0.3, 0.4) is 0 Å². The van der Waals surface area contributed by atoms with Gasteiger partial charge in [0.2, 0.25) is 0 Å². The highest BCUT2D eigenvalue weighted by atomic mass is 32.1. The van der Waals surface area contributed by atoms with Crippen LogP contribution in [-0.4, -0.2) is 29.1 Å². The fraction of sp³-hybridized carbons (Fsp3) is 0.688. The largest absolute Gasteiger partial charge is 0.481 e. The van der Waals surface area contributed by atoms with E-state index in [0.29, 0.717) is 24.9 Å². The SMILES string of the molecule is CCC1(C(=O)O)CCCN(C(c2cccs2)C(C)C)C1. The predicted molar refractivity (Wildman–Crippen MR) is 83.1 cm³/mol. The molecule has 2 rings (SSSR count). The van der Waals surface area contributed by atoms with Gasteiger partial charge in [-0.1, -0.05) is 26.8 Å². The molecule has 0 spiro atoms. The highest BCUT2D eigenvalue weighted by molar-refractivity contribution is 7.10. The molecule has 2 heterocycles. The van der Waals surface area contributed by atoms with E-state index in [0.717, 1.165) is 19.4 Å². The molecule has 0 bridgehead atoms. The van der Waals surface area contributed by atoms with Crippen LogP contribution in [-0.2, 0) is 4.79 Å². The van der Waals surface area contributed by atoms with E-state index in [2.05, 4.69) is 36.3 Å². The van der Waals surface area contributed by atoms with Crippen molar-refractivity contribution in [2.24, 2.45) is 11.3 Å². The third kappa shape index (κ3) is 2.91. The summed E-state index contributed by atoms with van der Waals surface area (Å²) in [6.45, 7) is 8.16. The lowest BCUT2D eigenvalue weighted by molar-refractivity contribution is -0.154. The molecule has 1 aliphatic rings. The lowest BCUT2D eigenvalue weighted by Crippen LogP contribution is -2.49. The smallest absolute Gasteiger partial charge is 0.310 e. The van der Waals surface area contributed by atoms with Crippen LogP contribution >= 0.6 is 11.3 Å². The van der Waals surface area contributed by atoms with Gasteiger partial charge >= 0.3 is 5.97 Å². The summed E-state index contributed by atoms with van der Waals surface area (Å²) in [5.74, 6) is -0.131. The number of aliphatic carboxylic acids is 1. The molecule has 1 fully saturated rings. The first-order valence-corrected chi connectivity index (χ1v) is 8.39. The number of rotatable bonds is 5. The fourth-order valence-electron chi connectivity index (χ4n) is 3.41. The Morgan fingerprint density at radius 3 is 2.80 bits per heavy atom. The first-order valence-electron chi connectivity index (χ1n) is 7.51. The maximum absolute atomic E-state index is 11.7. The molecule has 112 valence electrons. The Labute approximate surface area is 125 Å². The Kier molecular flexibility index (Phi) is 4.86. The van der Waals surface area contributed by atoms with Gasteiger partial charge in [-0.3, -0.25) is 9.69 Å². The number of hydrogen-bond donors (Lipinski definition) is 1. The van der Waals surface area contributed by atoms with Crippen molar-refractivity contribution in [2.45, 2.75) is 46.1 Å². The van der Waals surface area contributed by atoms with E-state index in [1.165, 1.54) is 4.88 Å². The summed E-state index contributed by atoms with van der Waals surface area (Å²) in [7, 11) is 0. The molecule has 0 amide bonds. The lowest BCUT2D eigenvalue weighted by Gasteiger charge is -2.44. The highest BCUT2D eigenvalue weighted by Gasteiger charge is 2.43. The molecule has 1 aromatic heterocycles. The topological polar surface area (TPSA) is 40.5 Å². The number of likely N-dealkylation sites (tertiary alicyclic amines) is 1. The Hall–Kier alpha value is -0.870. The molecule has 0 saturated carbocycles. The van der Waals surface area contributed by atoms with Crippen LogP contribution in [0, 0.1) is 11.3 Å². The number of carboxylic acids is 1. The zero-order valence-electron chi connectivity index (χ0n) is 12.6. The van der Waals surface area contributed by atoms with Gasteiger partial charge in [-0.05, 0) is 43.2 Å². The van der Waals surface area contributed by atoms with Crippen LogP contribution in [0.15, 0.2) is 17.5 Å². The first-order chi connectivity index (χ1) is 9.50. The summed E-state index contributed by atoms with van der Waals surface area (Å²) in [6.07, 6.45) is 2.51. The molecule has 1 N–H and O–H groups in total. The summed E-state index contributed by atoms with van der Waals surface area (Å²) in [5.41, 5.74) is -0.553. The number of carboxylic acid groups (broad SMARTS) is 1. The van der Waals surface area contributed by atoms with Crippen molar-refractivity contribution in [1.29, 1.82) is 0 Å². The molecular formula is C16H25NO2S. The molecule has 2 unspecified atom stereocenters. The molecule has 20 heavy (non-hydrogen) atoms. The highest BCUT2D eigenvalue weighted by Crippen LogP contribution is 2.40. The zero-order valence-corrected chi connectivity index (χ0v) is 13.4. The summed E-state index contributed by atoms with van der Waals surface area (Å²) >= 11 is 1.78. The summed E-state index contributed by atoms with van der Waals surface area (Å²) < 4.78 is 0. The van der Waals surface area contributed by atoms with Gasteiger partial charge in [-0.15, -0.1) is 11.3 Å². The zero-order chi connectivity index (χ0) is 14.8. The van der Waals surface area contributed by atoms with Crippen molar-refractivity contribution in [3.05, 3.63) is 22.4 Å². The number of carbonyl (C=O) groups is 1. The minimum Gasteiger partial charge on any atom is -0.481 e. The second kappa shape index (κ2) is 6.27. The Bertz CT molecular complexity index is 443. The van der Waals surface area contributed by atoms with Crippen molar-refractivity contribution in [3.8, 4) is 0 Å². The molecular weight excluding hydrogens is 270 g/mol. The predicted octanol–water partition coefficient (Wildman–Crippen LogP) is 4.02. The fourth-order valence-corrected chi connectivity index (χ4v) is 4.44. The van der Waals surface area contributed by atoms with Crippen molar-refractivity contribution < 1.29 is 9.90 Å². The molecule has 2 atom stereocenters. The molecule has 0 aromatic carbocycles. The Morgan fingerprint density at radius 2 is 2.30 bits per heavy atom. The average molecular weight is 295 g/mol. The Morgan fingerprint density at radius 1 is 1.55 bits per heavy atom. The van der Waals surface area contributed by atoms with Crippen LogP contribution in [0.25, 0.3) is 0 Å². The van der Waals surface area contributed by atoms with Crippen LogP contribution in [0.1, 0.15) is 51.0 Å². The van der Waals surface area contributed by atoms with Crippen LogP contribution in [0.2, 0.25) is 0 Å². The summed E-state index contributed by atoms with van der Waals surface area (Å²) in [5, 5.41) is 11.7. The average Bonchev–Trinajstić information content (AvgIpc) is 2.92. The van der Waals surface area contributed by atoms with Gasteiger partial charge in [-0.2, -0.15) is 0 Å². The number of nitrogens with zero attached hydrogens (tertiary/aromatic N) is 1. The minimum atomic E-state index is -0.626. The van der Waals surface area contributed by atoms with Gasteiger partial charge in [0, 0.05) is 17.5 Å². The third-order valence-corrected chi connectivity index (χ3v) is 5.54. The quantitative estimate of drug-likeness (QED) is 0.892. The number of thiophene rings is 1. The molecule has 0 aliphatic carbocycles. The van der Waals surface area contributed by atoms with Crippen LogP contribution in [0.5, 0.6) is 0 Å². The Balaban J connectivity index is 2.24. The second-order valence-corrected chi connectivity index (χ2v) is 7.20. The number of piperidine rings is 1. The first kappa shape index (κ1) is 15.5. The van der Waals surface area contributed by atoms with E-state index < -0.39 is 11.4 Å². The normalized spacial score (nSPS) is 25.8. The van der Waals surface area contributed by atoms with Crippen molar-refractivity contribution in [3.63, 3.8) is 0 Å². The molecule has 4 heteroatoms. The number of hydrogen-bond acceptors (Lipinski definition) is 3. The maximum atomic E-state index is 11.7. The van der Waals surface area contributed by atoms with Gasteiger partial charge in [-0.25, -0.2) is 0 Å². The van der Waals surface area contributed by atoms with E-state index in [9.17, 15) is 9.90 Å². The van der Waals surface area contributed by atoms with Gasteiger partial charge in [0.15, 0.2) is 0 Å². The standard InChI is InChI=1S/C16H25NO2S/c1-4-16(15(18)19)8-6-9-17(11-16)14(12(2)3)13-7-5-10-20-13/h5,7,10,12,14H,4,6,8-9,11H2,1-3H3,(H,18,19). The van der Waals surface area contributed by atoms with Gasteiger partial charge in [0.05, 0.1) is 5.41 Å². The van der Waals surface area contributed by atoms with Gasteiger partial charge < -0.3 is 5.11 Å². The maximum Gasteiger partial charge on any atom is 0.310 e. The molecule has 3 nitrogen and oxygen atoms in total. The van der Waals surface area contributed by atoms with E-state index in [1.54, 1.807) is 11.3 Å². The summed E-state index contributed by atoms with van der Waals surface area (Å²) in [4.78, 5) is 15.5. The van der Waals surface area contributed by atoms with E-state index in [1.807, 2.05) is 6.92 Å².